The van der Waals surface area contributed by atoms with Gasteiger partial charge in [0.15, 0.2) is 12.1 Å². The summed E-state index contributed by atoms with van der Waals surface area (Å²) in [6.45, 7) is 0. The predicted molar refractivity (Wildman–Crippen MR) is 11.2 cm³/mol. The van der Waals surface area contributed by atoms with Crippen molar-refractivity contribution in [2.24, 2.45) is 0 Å². The van der Waals surface area contributed by atoms with Gasteiger partial charge in [0.1, 0.15) is 0 Å². The quantitative estimate of drug-likeness (QED) is 0.476. The molecule has 0 rings (SSSR count). The monoisotopic (exact) mass is 166 g/mol. The molecule has 0 amide bonds. The summed E-state index contributed by atoms with van der Waals surface area (Å²) in [5, 5.41) is 14.5. The molecule has 0 saturated carbocycles. The Morgan fingerprint density at radius 3 is 1.17 bits per heavy atom. The molecule has 0 unspecified atom stereocenters. The van der Waals surface area contributed by atoms with E-state index in [1.165, 1.54) is 12.1 Å². The van der Waals surface area contributed by atoms with Crippen molar-refractivity contribution in [2.75, 3.05) is 0 Å². The predicted octanol–water partition coefficient (Wildman–Crippen LogP) is 0.0286. The van der Waals surface area contributed by atoms with Crippen LogP contribution in [0.5, 0.6) is 0 Å². The van der Waals surface area contributed by atoms with Gasteiger partial charge in [-0.05, 0) is 0 Å². The van der Waals surface area contributed by atoms with Crippen LogP contribution in [0, 0.1) is 22.7 Å². The first-order valence-corrected chi connectivity index (χ1v) is 0.697. The maximum absolute atomic E-state index is 7.26. The molecule has 0 aromatic rings. The van der Waals surface area contributed by atoms with E-state index in [1.807, 2.05) is 0 Å². The molecule has 0 atom stereocenters. The third-order valence-electron chi connectivity index (χ3n) is 0.0500. The van der Waals surface area contributed by atoms with E-state index >= 15 is 0 Å². The summed E-state index contributed by atoms with van der Waals surface area (Å²) in [5.74, 6) is 0. The second-order valence-electron chi connectivity index (χ2n) is 0.224. The average Bonchev–Trinajstić information content (AvgIpc) is 1.37. The van der Waals surface area contributed by atoms with E-state index in [-0.39, 0.29) is 33.8 Å². The van der Waals surface area contributed by atoms with Gasteiger partial charge in [0.25, 0.3) is 0 Å². The standard InChI is InChI=1S/C2N2.Co.Mn/c3-1-2-4;;. The molecule has 0 aliphatic heterocycles. The fourth-order valence-electron chi connectivity index (χ4n) is 0. The van der Waals surface area contributed by atoms with Gasteiger partial charge in [0.2, 0.25) is 0 Å². The normalized spacial score (nSPS) is 1.67. The Hall–Kier alpha value is 0.00597. The van der Waals surface area contributed by atoms with Crippen LogP contribution in [0.15, 0.2) is 0 Å². The van der Waals surface area contributed by atoms with Gasteiger partial charge >= 0.3 is 0 Å². The van der Waals surface area contributed by atoms with Crippen molar-refractivity contribution < 1.29 is 33.8 Å². The van der Waals surface area contributed by atoms with Crippen LogP contribution in [-0.2, 0) is 33.8 Å². The van der Waals surface area contributed by atoms with Crippen molar-refractivity contribution in [1.29, 1.82) is 10.5 Å². The summed E-state index contributed by atoms with van der Waals surface area (Å²) in [5.41, 5.74) is 0. The van der Waals surface area contributed by atoms with Crippen molar-refractivity contribution in [3.05, 3.63) is 0 Å². The molecule has 4 heteroatoms. The number of rotatable bonds is 0. The molecule has 0 saturated heterocycles. The maximum Gasteiger partial charge on any atom is 0.181 e. The summed E-state index contributed by atoms with van der Waals surface area (Å²) in [6.07, 6.45) is 0. The molecule has 6 heavy (non-hydrogen) atoms. The van der Waals surface area contributed by atoms with Crippen LogP contribution in [-0.4, -0.2) is 0 Å². The molecule has 0 spiro atoms. The molecule has 0 fully saturated rings. The summed E-state index contributed by atoms with van der Waals surface area (Å²) >= 11 is 0. The van der Waals surface area contributed by atoms with E-state index in [1.54, 1.807) is 0 Å². The summed E-state index contributed by atoms with van der Waals surface area (Å²) in [6, 6.07) is 2.47. The van der Waals surface area contributed by atoms with E-state index in [0.29, 0.717) is 0 Å². The Labute approximate surface area is 56.8 Å². The molecule has 0 aliphatic rings. The molecule has 0 heterocycles. The zero-order valence-corrected chi connectivity index (χ0v) is 4.83. The summed E-state index contributed by atoms with van der Waals surface area (Å²) in [4.78, 5) is 0. The number of nitrogens with zero attached hydrogens (tertiary/aromatic N) is 2. The van der Waals surface area contributed by atoms with E-state index in [4.69, 9.17) is 10.5 Å². The Morgan fingerprint density at radius 2 is 1.17 bits per heavy atom. The fourth-order valence-corrected chi connectivity index (χ4v) is 0. The first-order chi connectivity index (χ1) is 1.91. The van der Waals surface area contributed by atoms with Crippen LogP contribution in [0.2, 0.25) is 0 Å². The number of nitriles is 2. The van der Waals surface area contributed by atoms with Crippen molar-refractivity contribution in [3.8, 4) is 12.1 Å². The Morgan fingerprint density at radius 1 is 1.00 bits per heavy atom. The Balaban J connectivity index is -0.0000000450. The van der Waals surface area contributed by atoms with Crippen molar-refractivity contribution >= 4 is 0 Å². The number of hydrogen-bond donors (Lipinski definition) is 0. The van der Waals surface area contributed by atoms with E-state index in [2.05, 4.69) is 0 Å². The van der Waals surface area contributed by atoms with Gasteiger partial charge in [-0.25, -0.2) is 0 Å². The van der Waals surface area contributed by atoms with Gasteiger partial charge in [-0.2, -0.15) is 10.5 Å². The zero-order chi connectivity index (χ0) is 3.41. The molecule has 0 bridgehead atoms. The maximum atomic E-state index is 7.26. The van der Waals surface area contributed by atoms with Crippen molar-refractivity contribution in [1.82, 2.24) is 0 Å². The van der Waals surface area contributed by atoms with E-state index < -0.39 is 0 Å². The van der Waals surface area contributed by atoms with E-state index in [9.17, 15) is 0 Å². The van der Waals surface area contributed by atoms with Crippen molar-refractivity contribution in [2.45, 2.75) is 0 Å². The second-order valence-corrected chi connectivity index (χ2v) is 0.224. The minimum atomic E-state index is 0. The topological polar surface area (TPSA) is 47.6 Å². The molecular weight excluding hydrogens is 166 g/mol. The first kappa shape index (κ1) is 16.7. The first-order valence-electron chi connectivity index (χ1n) is 0.697. The van der Waals surface area contributed by atoms with Crippen LogP contribution in [0.3, 0.4) is 0 Å². The number of hydrogen-bond acceptors (Lipinski definition) is 2. The molecule has 0 aromatic carbocycles. The summed E-state index contributed by atoms with van der Waals surface area (Å²) in [7, 11) is 0. The van der Waals surface area contributed by atoms with Crippen LogP contribution >= 0.6 is 0 Å². The third-order valence-corrected chi connectivity index (χ3v) is 0.0500. The van der Waals surface area contributed by atoms with Gasteiger partial charge in [-0.3, -0.25) is 0 Å². The Kier molecular flexibility index (Phi) is 55.4. The smallest absolute Gasteiger partial charge is 0.181 e. The van der Waals surface area contributed by atoms with Gasteiger partial charge < -0.3 is 0 Å². The van der Waals surface area contributed by atoms with Crippen molar-refractivity contribution in [3.63, 3.8) is 0 Å². The third kappa shape index (κ3) is 35.8. The SMILES string of the molecule is N#CC#N.[Co].[Mn]. The second kappa shape index (κ2) is 20.0. The van der Waals surface area contributed by atoms with Gasteiger partial charge in [0, 0.05) is 33.8 Å². The van der Waals surface area contributed by atoms with Crippen LogP contribution < -0.4 is 0 Å². The minimum Gasteiger partial charge on any atom is -0.181 e. The molecule has 2 nitrogen and oxygen atoms in total. The van der Waals surface area contributed by atoms with Crippen LogP contribution in [0.4, 0.5) is 0 Å². The summed E-state index contributed by atoms with van der Waals surface area (Å²) < 4.78 is 0. The van der Waals surface area contributed by atoms with Gasteiger partial charge in [-0.15, -0.1) is 0 Å². The molecule has 0 N–H and O–H groups in total. The molecular formula is C2CoMnN2. The average molecular weight is 166 g/mol. The molecule has 0 aliphatic carbocycles. The fraction of sp³-hybridized carbons (Fsp3) is 0. The largest absolute Gasteiger partial charge is 0.181 e. The zero-order valence-electron chi connectivity index (χ0n) is 2.61. The van der Waals surface area contributed by atoms with Gasteiger partial charge in [0.05, 0.1) is 0 Å². The Bertz CT molecular complexity index is 66.5. The van der Waals surface area contributed by atoms with Crippen LogP contribution in [0.1, 0.15) is 0 Å². The van der Waals surface area contributed by atoms with E-state index in [0.717, 1.165) is 0 Å². The minimum absolute atomic E-state index is 0. The molecule has 0 aromatic heterocycles. The molecule has 2 radical (unpaired) electrons. The molecule has 34 valence electrons. The van der Waals surface area contributed by atoms with Crippen LogP contribution in [0.25, 0.3) is 0 Å². The van der Waals surface area contributed by atoms with Gasteiger partial charge in [-0.1, -0.05) is 0 Å².